The van der Waals surface area contributed by atoms with E-state index in [0.717, 1.165) is 12.0 Å². The van der Waals surface area contributed by atoms with E-state index >= 15 is 0 Å². The first-order valence-electron chi connectivity index (χ1n) is 5.98. The zero-order valence-corrected chi connectivity index (χ0v) is 11.6. The molecule has 1 aromatic carbocycles. The van der Waals surface area contributed by atoms with E-state index in [1.54, 1.807) is 6.07 Å². The monoisotopic (exact) mass is 271 g/mol. The molecule has 1 aliphatic heterocycles. The Morgan fingerprint density at radius 3 is 2.83 bits per heavy atom. The normalized spacial score (nSPS) is 21.0. The SMILES string of the molecule is CC(C)(C)S(=O)N[C@H]1CCOc2cc(F)ccc21. The summed E-state index contributed by atoms with van der Waals surface area (Å²) < 4.78 is 33.4. The Balaban J connectivity index is 2.21. The lowest BCUT2D eigenvalue weighted by atomic mass is 10.0. The van der Waals surface area contributed by atoms with Gasteiger partial charge in [0.05, 0.1) is 28.4 Å². The number of halogens is 1. The van der Waals surface area contributed by atoms with Gasteiger partial charge in [0.1, 0.15) is 11.6 Å². The number of fused-ring (bicyclic) bond motifs is 1. The molecule has 1 aromatic rings. The molecule has 100 valence electrons. The zero-order chi connectivity index (χ0) is 13.3. The molecule has 0 saturated carbocycles. The molecule has 0 spiro atoms. The Morgan fingerprint density at radius 2 is 2.17 bits per heavy atom. The highest BCUT2D eigenvalue weighted by molar-refractivity contribution is 7.84. The summed E-state index contributed by atoms with van der Waals surface area (Å²) in [7, 11) is -1.15. The molecule has 0 aromatic heterocycles. The summed E-state index contributed by atoms with van der Waals surface area (Å²) in [5.41, 5.74) is 0.875. The van der Waals surface area contributed by atoms with Gasteiger partial charge in [-0.3, -0.25) is 0 Å². The number of nitrogens with one attached hydrogen (secondary N) is 1. The molecule has 5 heteroatoms. The summed E-state index contributed by atoms with van der Waals surface area (Å²) in [5, 5.41) is 0. The van der Waals surface area contributed by atoms with Crippen LogP contribution in [-0.4, -0.2) is 15.6 Å². The summed E-state index contributed by atoms with van der Waals surface area (Å²) in [5.74, 6) is 0.232. The topological polar surface area (TPSA) is 38.3 Å². The van der Waals surface area contributed by atoms with Crippen LogP contribution in [0.15, 0.2) is 18.2 Å². The Bertz CT molecular complexity index is 471. The molecular weight excluding hydrogens is 253 g/mol. The van der Waals surface area contributed by atoms with Crippen molar-refractivity contribution in [1.29, 1.82) is 0 Å². The summed E-state index contributed by atoms with van der Waals surface area (Å²) in [6.45, 7) is 6.26. The number of benzene rings is 1. The second-order valence-corrected chi connectivity index (χ2v) is 7.37. The Hall–Kier alpha value is -0.940. The predicted molar refractivity (Wildman–Crippen MR) is 70.3 cm³/mol. The van der Waals surface area contributed by atoms with Gasteiger partial charge in [0.15, 0.2) is 0 Å². The molecule has 1 N–H and O–H groups in total. The van der Waals surface area contributed by atoms with E-state index < -0.39 is 11.0 Å². The molecule has 3 nitrogen and oxygen atoms in total. The van der Waals surface area contributed by atoms with Crippen LogP contribution in [0.25, 0.3) is 0 Å². The van der Waals surface area contributed by atoms with E-state index in [1.165, 1.54) is 12.1 Å². The van der Waals surface area contributed by atoms with Gasteiger partial charge in [0.25, 0.3) is 0 Å². The van der Waals surface area contributed by atoms with Crippen LogP contribution in [0.4, 0.5) is 4.39 Å². The van der Waals surface area contributed by atoms with E-state index in [9.17, 15) is 8.60 Å². The van der Waals surface area contributed by atoms with Crippen molar-refractivity contribution in [2.24, 2.45) is 0 Å². The van der Waals surface area contributed by atoms with E-state index in [0.29, 0.717) is 12.4 Å². The van der Waals surface area contributed by atoms with Gasteiger partial charge in [-0.2, -0.15) is 0 Å². The third-order valence-electron chi connectivity index (χ3n) is 2.82. The fourth-order valence-corrected chi connectivity index (χ4v) is 2.65. The first-order valence-corrected chi connectivity index (χ1v) is 7.13. The smallest absolute Gasteiger partial charge is 0.127 e. The molecule has 2 rings (SSSR count). The highest BCUT2D eigenvalue weighted by Gasteiger charge is 2.27. The predicted octanol–water partition coefficient (Wildman–Crippen LogP) is 2.70. The summed E-state index contributed by atoms with van der Waals surface area (Å²) in [4.78, 5) is 0. The van der Waals surface area contributed by atoms with Crippen LogP contribution in [0.3, 0.4) is 0 Å². The first-order chi connectivity index (χ1) is 8.38. The molecule has 0 amide bonds. The fraction of sp³-hybridized carbons (Fsp3) is 0.538. The van der Waals surface area contributed by atoms with Crippen LogP contribution < -0.4 is 9.46 Å². The molecule has 0 aliphatic carbocycles. The maximum absolute atomic E-state index is 13.1. The van der Waals surface area contributed by atoms with Crippen LogP contribution in [0.2, 0.25) is 0 Å². The van der Waals surface area contributed by atoms with Crippen LogP contribution in [0.1, 0.15) is 38.8 Å². The third-order valence-corrected chi connectivity index (χ3v) is 4.43. The molecule has 1 aliphatic rings. The van der Waals surface area contributed by atoms with E-state index in [-0.39, 0.29) is 16.6 Å². The Morgan fingerprint density at radius 1 is 1.44 bits per heavy atom. The van der Waals surface area contributed by atoms with Crippen molar-refractivity contribution < 1.29 is 13.3 Å². The zero-order valence-electron chi connectivity index (χ0n) is 10.8. The highest BCUT2D eigenvalue weighted by atomic mass is 32.2. The van der Waals surface area contributed by atoms with Gasteiger partial charge in [-0.1, -0.05) is 6.07 Å². The maximum atomic E-state index is 13.1. The van der Waals surface area contributed by atoms with Gasteiger partial charge < -0.3 is 4.74 Å². The van der Waals surface area contributed by atoms with Gasteiger partial charge in [-0.15, -0.1) is 0 Å². The summed E-state index contributed by atoms with van der Waals surface area (Å²) in [6, 6.07) is 4.43. The second kappa shape index (κ2) is 4.97. The lowest BCUT2D eigenvalue weighted by molar-refractivity contribution is 0.262. The van der Waals surface area contributed by atoms with E-state index in [4.69, 9.17) is 4.74 Å². The molecule has 0 radical (unpaired) electrons. The minimum Gasteiger partial charge on any atom is -0.493 e. The molecule has 1 heterocycles. The molecule has 0 fully saturated rings. The van der Waals surface area contributed by atoms with Crippen molar-refractivity contribution in [1.82, 2.24) is 4.72 Å². The standard InChI is InChI=1S/C13H18FNO2S/c1-13(2,3)18(16)15-11-6-7-17-12-8-9(14)4-5-10(11)12/h4-5,8,11,15H,6-7H2,1-3H3/t11-,18?/m0/s1. The van der Waals surface area contributed by atoms with Crippen LogP contribution in [-0.2, 0) is 11.0 Å². The quantitative estimate of drug-likeness (QED) is 0.898. The second-order valence-electron chi connectivity index (χ2n) is 5.37. The van der Waals surface area contributed by atoms with Gasteiger partial charge in [-0.05, 0) is 26.8 Å². The number of hydrogen-bond donors (Lipinski definition) is 1. The summed E-state index contributed by atoms with van der Waals surface area (Å²) >= 11 is 0. The average Bonchev–Trinajstić information content (AvgIpc) is 2.27. The Labute approximate surface area is 109 Å². The van der Waals surface area contributed by atoms with Crippen molar-refractivity contribution in [3.8, 4) is 5.75 Å². The Kier molecular flexibility index (Phi) is 3.73. The molecule has 0 saturated heterocycles. The van der Waals surface area contributed by atoms with Gasteiger partial charge in [-0.25, -0.2) is 13.3 Å². The van der Waals surface area contributed by atoms with E-state index in [1.807, 2.05) is 20.8 Å². The lowest BCUT2D eigenvalue weighted by Crippen LogP contribution is -2.37. The molecule has 0 bridgehead atoms. The van der Waals surface area contributed by atoms with Crippen LogP contribution >= 0.6 is 0 Å². The van der Waals surface area contributed by atoms with E-state index in [2.05, 4.69) is 4.72 Å². The molecule has 18 heavy (non-hydrogen) atoms. The van der Waals surface area contributed by atoms with Crippen molar-refractivity contribution in [3.05, 3.63) is 29.6 Å². The maximum Gasteiger partial charge on any atom is 0.127 e. The van der Waals surface area contributed by atoms with Gasteiger partial charge in [0.2, 0.25) is 0 Å². The average molecular weight is 271 g/mol. The van der Waals surface area contributed by atoms with Gasteiger partial charge in [0, 0.05) is 18.1 Å². The van der Waals surface area contributed by atoms with Gasteiger partial charge >= 0.3 is 0 Å². The number of ether oxygens (including phenoxy) is 1. The largest absolute Gasteiger partial charge is 0.493 e. The molecule has 1 unspecified atom stereocenters. The van der Waals surface area contributed by atoms with Crippen LogP contribution in [0, 0.1) is 5.82 Å². The minimum absolute atomic E-state index is 0.0468. The molecule has 2 atom stereocenters. The van der Waals surface area contributed by atoms with Crippen molar-refractivity contribution in [2.75, 3.05) is 6.61 Å². The van der Waals surface area contributed by atoms with Crippen molar-refractivity contribution >= 4 is 11.0 Å². The fourth-order valence-electron chi connectivity index (χ4n) is 1.79. The van der Waals surface area contributed by atoms with Crippen molar-refractivity contribution in [3.63, 3.8) is 0 Å². The lowest BCUT2D eigenvalue weighted by Gasteiger charge is -2.29. The highest BCUT2D eigenvalue weighted by Crippen LogP contribution is 2.33. The van der Waals surface area contributed by atoms with Crippen molar-refractivity contribution in [2.45, 2.75) is 38.0 Å². The third kappa shape index (κ3) is 2.90. The summed E-state index contributed by atoms with van der Waals surface area (Å²) in [6.07, 6.45) is 0.737. The number of rotatable bonds is 2. The number of hydrogen-bond acceptors (Lipinski definition) is 2. The molecular formula is C13H18FNO2S. The van der Waals surface area contributed by atoms with Crippen LogP contribution in [0.5, 0.6) is 5.75 Å². The minimum atomic E-state index is -1.15. The first kappa shape index (κ1) is 13.5.